The SMILES string of the molecule is Nc1ccc2c(NCCc3ncno3)ncnc2c1. The average molecular weight is 256 g/mol. The third-order valence-electron chi connectivity index (χ3n) is 2.70. The van der Waals surface area contributed by atoms with Gasteiger partial charge in [-0.05, 0) is 18.2 Å². The fourth-order valence-corrected chi connectivity index (χ4v) is 1.81. The van der Waals surface area contributed by atoms with E-state index in [1.54, 1.807) is 0 Å². The molecule has 3 aromatic rings. The predicted molar refractivity (Wildman–Crippen MR) is 70.4 cm³/mol. The van der Waals surface area contributed by atoms with Crippen molar-refractivity contribution in [3.8, 4) is 0 Å². The molecule has 3 N–H and O–H groups in total. The maximum absolute atomic E-state index is 5.73. The van der Waals surface area contributed by atoms with Crippen LogP contribution in [-0.4, -0.2) is 26.7 Å². The molecule has 7 heteroatoms. The van der Waals surface area contributed by atoms with Crippen molar-refractivity contribution in [1.82, 2.24) is 20.1 Å². The Hall–Kier alpha value is -2.70. The summed E-state index contributed by atoms with van der Waals surface area (Å²) in [6, 6.07) is 5.55. The van der Waals surface area contributed by atoms with Gasteiger partial charge in [-0.2, -0.15) is 4.98 Å². The van der Waals surface area contributed by atoms with Crippen molar-refractivity contribution in [1.29, 1.82) is 0 Å². The number of rotatable bonds is 4. The third kappa shape index (κ3) is 2.44. The van der Waals surface area contributed by atoms with E-state index in [0.29, 0.717) is 24.5 Å². The molecule has 2 heterocycles. The van der Waals surface area contributed by atoms with Crippen LogP contribution in [0.4, 0.5) is 11.5 Å². The topological polar surface area (TPSA) is 103 Å². The van der Waals surface area contributed by atoms with Crippen molar-refractivity contribution in [3.63, 3.8) is 0 Å². The molecule has 19 heavy (non-hydrogen) atoms. The number of nitrogen functional groups attached to an aromatic ring is 1. The van der Waals surface area contributed by atoms with E-state index in [-0.39, 0.29) is 0 Å². The molecule has 0 aliphatic rings. The fourth-order valence-electron chi connectivity index (χ4n) is 1.81. The van der Waals surface area contributed by atoms with Gasteiger partial charge in [0.15, 0.2) is 6.33 Å². The Morgan fingerprint density at radius 2 is 2.11 bits per heavy atom. The minimum absolute atomic E-state index is 0.593. The summed E-state index contributed by atoms with van der Waals surface area (Å²) in [6.07, 6.45) is 3.54. The molecule has 0 fully saturated rings. The Kier molecular flexibility index (Phi) is 2.93. The molecule has 1 aromatic carbocycles. The lowest BCUT2D eigenvalue weighted by atomic mass is 10.2. The number of hydrogen-bond donors (Lipinski definition) is 2. The summed E-state index contributed by atoms with van der Waals surface area (Å²) in [7, 11) is 0. The van der Waals surface area contributed by atoms with Gasteiger partial charge in [-0.15, -0.1) is 0 Å². The van der Waals surface area contributed by atoms with E-state index >= 15 is 0 Å². The molecule has 7 nitrogen and oxygen atoms in total. The normalized spacial score (nSPS) is 10.7. The summed E-state index contributed by atoms with van der Waals surface area (Å²) in [6.45, 7) is 0.651. The van der Waals surface area contributed by atoms with Crippen molar-refractivity contribution >= 4 is 22.4 Å². The molecule has 0 aliphatic heterocycles. The van der Waals surface area contributed by atoms with Crippen LogP contribution < -0.4 is 11.1 Å². The van der Waals surface area contributed by atoms with Crippen LogP contribution in [0.5, 0.6) is 0 Å². The molecular formula is C12H12N6O. The van der Waals surface area contributed by atoms with E-state index in [4.69, 9.17) is 10.3 Å². The fraction of sp³-hybridized carbons (Fsp3) is 0.167. The van der Waals surface area contributed by atoms with E-state index in [9.17, 15) is 0 Å². The maximum atomic E-state index is 5.73. The van der Waals surface area contributed by atoms with E-state index < -0.39 is 0 Å². The zero-order valence-electron chi connectivity index (χ0n) is 10.1. The first-order valence-electron chi connectivity index (χ1n) is 5.82. The van der Waals surface area contributed by atoms with Gasteiger partial charge in [0, 0.05) is 24.0 Å². The molecular weight excluding hydrogens is 244 g/mol. The predicted octanol–water partition coefficient (Wildman–Crippen LogP) is 1.25. The second-order valence-corrected chi connectivity index (χ2v) is 4.01. The summed E-state index contributed by atoms with van der Waals surface area (Å²) in [5.41, 5.74) is 7.23. The van der Waals surface area contributed by atoms with Crippen LogP contribution in [0.15, 0.2) is 35.4 Å². The molecule has 0 bridgehead atoms. The lowest BCUT2D eigenvalue weighted by Gasteiger charge is -2.07. The number of nitrogens with zero attached hydrogens (tertiary/aromatic N) is 4. The summed E-state index contributed by atoms with van der Waals surface area (Å²) in [5, 5.41) is 7.71. The van der Waals surface area contributed by atoms with Gasteiger partial charge in [0.2, 0.25) is 5.89 Å². The van der Waals surface area contributed by atoms with Crippen molar-refractivity contribution in [2.45, 2.75) is 6.42 Å². The number of hydrogen-bond acceptors (Lipinski definition) is 7. The summed E-state index contributed by atoms with van der Waals surface area (Å²) < 4.78 is 4.92. The number of nitrogens with one attached hydrogen (secondary N) is 1. The largest absolute Gasteiger partial charge is 0.399 e. The lowest BCUT2D eigenvalue weighted by Crippen LogP contribution is -2.07. The smallest absolute Gasteiger partial charge is 0.228 e. The summed E-state index contributed by atoms with van der Waals surface area (Å²) >= 11 is 0. The first-order valence-corrected chi connectivity index (χ1v) is 5.82. The zero-order valence-corrected chi connectivity index (χ0v) is 10.1. The highest BCUT2D eigenvalue weighted by Gasteiger charge is 2.04. The van der Waals surface area contributed by atoms with E-state index in [1.807, 2.05) is 18.2 Å². The third-order valence-corrected chi connectivity index (χ3v) is 2.70. The van der Waals surface area contributed by atoms with Crippen LogP contribution in [0, 0.1) is 0 Å². The first-order chi connectivity index (χ1) is 9.33. The summed E-state index contributed by atoms with van der Waals surface area (Å²) in [4.78, 5) is 12.4. The molecule has 0 saturated heterocycles. The Balaban J connectivity index is 1.77. The van der Waals surface area contributed by atoms with Crippen molar-refractivity contribution in [2.24, 2.45) is 0 Å². The van der Waals surface area contributed by atoms with Gasteiger partial charge in [-0.25, -0.2) is 9.97 Å². The van der Waals surface area contributed by atoms with Crippen LogP contribution in [0.25, 0.3) is 10.9 Å². The maximum Gasteiger partial charge on any atom is 0.228 e. The van der Waals surface area contributed by atoms with Crippen LogP contribution >= 0.6 is 0 Å². The quantitative estimate of drug-likeness (QED) is 0.677. The van der Waals surface area contributed by atoms with Crippen LogP contribution in [0.1, 0.15) is 5.89 Å². The van der Waals surface area contributed by atoms with Gasteiger partial charge in [-0.1, -0.05) is 5.16 Å². The van der Waals surface area contributed by atoms with Gasteiger partial charge >= 0.3 is 0 Å². The highest BCUT2D eigenvalue weighted by molar-refractivity contribution is 5.90. The molecule has 0 radical (unpaired) electrons. The highest BCUT2D eigenvalue weighted by Crippen LogP contribution is 2.20. The Morgan fingerprint density at radius 3 is 2.95 bits per heavy atom. The van der Waals surface area contributed by atoms with Gasteiger partial charge in [0.1, 0.15) is 12.1 Å². The van der Waals surface area contributed by atoms with Crippen molar-refractivity contribution < 1.29 is 4.52 Å². The standard InChI is InChI=1S/C12H12N6O/c13-8-1-2-9-10(5-8)15-6-17-12(9)14-4-3-11-16-7-18-19-11/h1-2,5-7H,3-4,13H2,(H,14,15,17). The first kappa shape index (κ1) is 11.4. The number of aromatic nitrogens is 4. The molecule has 0 saturated carbocycles. The molecule has 0 atom stereocenters. The lowest BCUT2D eigenvalue weighted by molar-refractivity contribution is 0.380. The monoisotopic (exact) mass is 256 g/mol. The molecule has 0 aliphatic carbocycles. The number of fused-ring (bicyclic) bond motifs is 1. The van der Waals surface area contributed by atoms with Gasteiger partial charge in [-0.3, -0.25) is 0 Å². The minimum Gasteiger partial charge on any atom is -0.399 e. The second kappa shape index (κ2) is 4.89. The zero-order chi connectivity index (χ0) is 13.1. The minimum atomic E-state index is 0.593. The van der Waals surface area contributed by atoms with Gasteiger partial charge < -0.3 is 15.6 Å². The average Bonchev–Trinajstić information content (AvgIpc) is 2.92. The van der Waals surface area contributed by atoms with E-state index in [1.165, 1.54) is 12.7 Å². The number of nitrogens with two attached hydrogens (primary N) is 1. The van der Waals surface area contributed by atoms with Crippen LogP contribution in [0.2, 0.25) is 0 Å². The van der Waals surface area contributed by atoms with E-state index in [0.717, 1.165) is 16.7 Å². The van der Waals surface area contributed by atoms with Gasteiger partial charge in [0.25, 0.3) is 0 Å². The van der Waals surface area contributed by atoms with Crippen LogP contribution in [-0.2, 0) is 6.42 Å². The van der Waals surface area contributed by atoms with E-state index in [2.05, 4.69) is 25.4 Å². The Labute approximate surface area is 108 Å². The second-order valence-electron chi connectivity index (χ2n) is 4.01. The van der Waals surface area contributed by atoms with Crippen LogP contribution in [0.3, 0.4) is 0 Å². The number of anilines is 2. The Bertz CT molecular complexity index is 682. The molecule has 2 aromatic heterocycles. The summed E-state index contributed by atoms with van der Waals surface area (Å²) in [5.74, 6) is 1.36. The molecule has 3 rings (SSSR count). The molecule has 96 valence electrons. The van der Waals surface area contributed by atoms with Crippen molar-refractivity contribution in [2.75, 3.05) is 17.6 Å². The van der Waals surface area contributed by atoms with Gasteiger partial charge in [0.05, 0.1) is 5.52 Å². The molecule has 0 amide bonds. The number of benzene rings is 1. The van der Waals surface area contributed by atoms with Crippen molar-refractivity contribution in [3.05, 3.63) is 36.7 Å². The highest BCUT2D eigenvalue weighted by atomic mass is 16.5. The molecule has 0 spiro atoms. The molecule has 0 unspecified atom stereocenters. The Morgan fingerprint density at radius 1 is 1.16 bits per heavy atom.